The quantitative estimate of drug-likeness (QED) is 0.676. The molecule has 0 aliphatic carbocycles. The minimum Gasteiger partial charge on any atom is -0.399 e. The summed E-state index contributed by atoms with van der Waals surface area (Å²) >= 11 is 1.53. The van der Waals surface area contributed by atoms with E-state index in [4.69, 9.17) is 10.8 Å². The average Bonchev–Trinajstić information content (AvgIpc) is 2.27. The summed E-state index contributed by atoms with van der Waals surface area (Å²) in [4.78, 5) is 11.6. The molecule has 4 nitrogen and oxygen atoms in total. The summed E-state index contributed by atoms with van der Waals surface area (Å²) in [5, 5.41) is 11.8. The molecule has 0 aliphatic rings. The van der Waals surface area contributed by atoms with Gasteiger partial charge in [0.1, 0.15) is 0 Å². The lowest BCUT2D eigenvalue weighted by Crippen LogP contribution is -2.16. The van der Waals surface area contributed by atoms with Crippen LogP contribution in [0.25, 0.3) is 0 Å². The van der Waals surface area contributed by atoms with Gasteiger partial charge in [0.05, 0.1) is 5.75 Å². The molecule has 0 saturated carbocycles. The van der Waals surface area contributed by atoms with Gasteiger partial charge in [-0.1, -0.05) is 13.0 Å². The van der Waals surface area contributed by atoms with E-state index in [1.54, 1.807) is 24.3 Å². The number of rotatable bonds is 6. The van der Waals surface area contributed by atoms with Crippen molar-refractivity contribution in [2.75, 3.05) is 23.4 Å². The largest absolute Gasteiger partial charge is 0.399 e. The number of carbonyl (C=O) groups excluding carboxylic acids is 1. The van der Waals surface area contributed by atoms with Crippen molar-refractivity contribution >= 4 is 29.0 Å². The molecule has 0 aromatic heterocycles. The van der Waals surface area contributed by atoms with E-state index in [1.165, 1.54) is 11.8 Å². The molecule has 94 valence electrons. The summed E-state index contributed by atoms with van der Waals surface area (Å²) < 4.78 is 0. The molecule has 1 aromatic carbocycles. The first kappa shape index (κ1) is 13.9. The van der Waals surface area contributed by atoms with Crippen LogP contribution in [0, 0.1) is 0 Å². The fourth-order valence-corrected chi connectivity index (χ4v) is 2.08. The highest BCUT2D eigenvalue weighted by atomic mass is 32.2. The molecule has 0 spiro atoms. The highest BCUT2D eigenvalue weighted by Crippen LogP contribution is 2.15. The number of anilines is 2. The summed E-state index contributed by atoms with van der Waals surface area (Å²) in [7, 11) is 0. The van der Waals surface area contributed by atoms with Crippen LogP contribution >= 0.6 is 11.8 Å². The number of aliphatic hydroxyl groups is 1. The lowest BCUT2D eigenvalue weighted by Gasteiger charge is -2.09. The molecule has 0 radical (unpaired) electrons. The second-order valence-corrected chi connectivity index (χ2v) is 5.23. The summed E-state index contributed by atoms with van der Waals surface area (Å²) in [5.74, 6) is 0.334. The topological polar surface area (TPSA) is 75.3 Å². The average molecular weight is 254 g/mol. The van der Waals surface area contributed by atoms with E-state index in [-0.39, 0.29) is 17.8 Å². The number of benzene rings is 1. The fourth-order valence-electron chi connectivity index (χ4n) is 1.30. The molecule has 0 heterocycles. The van der Waals surface area contributed by atoms with Crippen molar-refractivity contribution in [1.82, 2.24) is 0 Å². The van der Waals surface area contributed by atoms with E-state index < -0.39 is 0 Å². The second kappa shape index (κ2) is 7.19. The first-order valence-corrected chi connectivity index (χ1v) is 6.54. The summed E-state index contributed by atoms with van der Waals surface area (Å²) in [6.45, 7) is 2.15. The standard InChI is InChI=1S/C12H18N2O2S/c1-9(5-6-15)17-8-12(16)14-11-4-2-3-10(13)7-11/h2-4,7,9,15H,5-6,8,13H2,1H3,(H,14,16). The predicted octanol–water partition coefficient (Wildman–Crippen LogP) is 1.71. The lowest BCUT2D eigenvalue weighted by molar-refractivity contribution is -0.113. The van der Waals surface area contributed by atoms with E-state index >= 15 is 0 Å². The van der Waals surface area contributed by atoms with Crippen LogP contribution in [0.2, 0.25) is 0 Å². The molecule has 1 unspecified atom stereocenters. The third kappa shape index (κ3) is 5.60. The van der Waals surface area contributed by atoms with Crippen molar-refractivity contribution in [3.8, 4) is 0 Å². The highest BCUT2D eigenvalue weighted by Gasteiger charge is 2.07. The van der Waals surface area contributed by atoms with Gasteiger partial charge in [-0.3, -0.25) is 4.79 Å². The van der Waals surface area contributed by atoms with Crippen molar-refractivity contribution in [3.05, 3.63) is 24.3 Å². The van der Waals surface area contributed by atoms with Gasteiger partial charge in [-0.05, 0) is 24.6 Å². The molecule has 17 heavy (non-hydrogen) atoms. The SMILES string of the molecule is CC(CCO)SCC(=O)Nc1cccc(N)c1. The predicted molar refractivity (Wildman–Crippen MR) is 73.1 cm³/mol. The van der Waals surface area contributed by atoms with E-state index in [9.17, 15) is 4.79 Å². The number of thioether (sulfide) groups is 1. The Hall–Kier alpha value is -1.20. The third-order valence-corrected chi connectivity index (χ3v) is 3.44. The van der Waals surface area contributed by atoms with Gasteiger partial charge in [0.2, 0.25) is 5.91 Å². The minimum absolute atomic E-state index is 0.0506. The monoisotopic (exact) mass is 254 g/mol. The van der Waals surface area contributed by atoms with E-state index in [0.29, 0.717) is 23.5 Å². The molecule has 0 fully saturated rings. The van der Waals surface area contributed by atoms with Gasteiger partial charge in [0, 0.05) is 23.2 Å². The third-order valence-electron chi connectivity index (χ3n) is 2.20. The molecule has 1 amide bonds. The van der Waals surface area contributed by atoms with Crippen molar-refractivity contribution in [1.29, 1.82) is 0 Å². The van der Waals surface area contributed by atoms with Crippen molar-refractivity contribution in [3.63, 3.8) is 0 Å². The Morgan fingerprint density at radius 3 is 3.00 bits per heavy atom. The van der Waals surface area contributed by atoms with Gasteiger partial charge in [0.25, 0.3) is 0 Å². The number of amides is 1. The Morgan fingerprint density at radius 2 is 2.35 bits per heavy atom. The Morgan fingerprint density at radius 1 is 1.59 bits per heavy atom. The van der Waals surface area contributed by atoms with Crippen LogP contribution in [0.1, 0.15) is 13.3 Å². The summed E-state index contributed by atoms with van der Waals surface area (Å²) in [6.07, 6.45) is 0.705. The first-order chi connectivity index (χ1) is 8.11. The van der Waals surface area contributed by atoms with Crippen LogP contribution in [-0.4, -0.2) is 28.6 Å². The number of nitrogen functional groups attached to an aromatic ring is 1. The number of hydrogen-bond donors (Lipinski definition) is 3. The van der Waals surface area contributed by atoms with E-state index in [2.05, 4.69) is 5.32 Å². The van der Waals surface area contributed by atoms with Crippen molar-refractivity contribution in [2.24, 2.45) is 0 Å². The van der Waals surface area contributed by atoms with Gasteiger partial charge in [0.15, 0.2) is 0 Å². The molecule has 1 rings (SSSR count). The van der Waals surface area contributed by atoms with Gasteiger partial charge >= 0.3 is 0 Å². The maximum Gasteiger partial charge on any atom is 0.234 e. The van der Waals surface area contributed by atoms with Crippen LogP contribution < -0.4 is 11.1 Å². The van der Waals surface area contributed by atoms with Crippen LogP contribution in [0.15, 0.2) is 24.3 Å². The molecule has 0 bridgehead atoms. The molecule has 1 atom stereocenters. The zero-order valence-corrected chi connectivity index (χ0v) is 10.7. The highest BCUT2D eigenvalue weighted by molar-refractivity contribution is 8.00. The van der Waals surface area contributed by atoms with Gasteiger partial charge in [-0.25, -0.2) is 0 Å². The van der Waals surface area contributed by atoms with Crippen LogP contribution in [0.5, 0.6) is 0 Å². The Bertz CT molecular complexity index is 371. The normalized spacial score (nSPS) is 12.1. The number of nitrogens with one attached hydrogen (secondary N) is 1. The molecule has 4 N–H and O–H groups in total. The number of nitrogens with two attached hydrogens (primary N) is 1. The smallest absolute Gasteiger partial charge is 0.234 e. The van der Waals surface area contributed by atoms with Gasteiger partial charge in [-0.15, -0.1) is 11.8 Å². The molecule has 0 saturated heterocycles. The second-order valence-electron chi connectivity index (χ2n) is 3.81. The molecule has 0 aliphatic heterocycles. The number of hydrogen-bond acceptors (Lipinski definition) is 4. The first-order valence-electron chi connectivity index (χ1n) is 5.49. The Labute approximate surface area is 106 Å². The van der Waals surface area contributed by atoms with Crippen LogP contribution in [0.3, 0.4) is 0 Å². The Kier molecular flexibility index (Phi) is 5.86. The minimum atomic E-state index is -0.0506. The molecule has 1 aromatic rings. The van der Waals surface area contributed by atoms with Gasteiger partial charge in [-0.2, -0.15) is 0 Å². The summed E-state index contributed by atoms with van der Waals surface area (Å²) in [6, 6.07) is 7.09. The molecular formula is C12H18N2O2S. The lowest BCUT2D eigenvalue weighted by atomic mass is 10.3. The van der Waals surface area contributed by atoms with Crippen molar-refractivity contribution < 1.29 is 9.90 Å². The zero-order chi connectivity index (χ0) is 12.7. The maximum atomic E-state index is 11.6. The zero-order valence-electron chi connectivity index (χ0n) is 9.85. The Balaban J connectivity index is 2.34. The van der Waals surface area contributed by atoms with E-state index in [1.807, 2.05) is 6.92 Å². The summed E-state index contributed by atoms with van der Waals surface area (Å²) in [5.41, 5.74) is 6.95. The van der Waals surface area contributed by atoms with Crippen molar-refractivity contribution in [2.45, 2.75) is 18.6 Å². The van der Waals surface area contributed by atoms with Crippen LogP contribution in [0.4, 0.5) is 11.4 Å². The van der Waals surface area contributed by atoms with Gasteiger partial charge < -0.3 is 16.2 Å². The molecule has 5 heteroatoms. The van der Waals surface area contributed by atoms with E-state index in [0.717, 1.165) is 0 Å². The maximum absolute atomic E-state index is 11.6. The molecular weight excluding hydrogens is 236 g/mol. The van der Waals surface area contributed by atoms with Crippen LogP contribution in [-0.2, 0) is 4.79 Å². The number of aliphatic hydroxyl groups excluding tert-OH is 1. The fraction of sp³-hybridized carbons (Fsp3) is 0.417. The number of carbonyl (C=O) groups is 1.